The fraction of sp³-hybridized carbons (Fsp3) is 0.522. The number of aromatic nitrogens is 1. The summed E-state index contributed by atoms with van der Waals surface area (Å²) in [6.45, 7) is 15.3. The van der Waals surface area contributed by atoms with Crippen molar-refractivity contribution in [1.29, 1.82) is 0 Å². The fourth-order valence-corrected chi connectivity index (χ4v) is 8.38. The molecule has 0 aliphatic carbocycles. The molecule has 2 fully saturated rings. The third kappa shape index (κ3) is 9.19. The van der Waals surface area contributed by atoms with Crippen LogP contribution in [0.3, 0.4) is 0 Å². The van der Waals surface area contributed by atoms with Gasteiger partial charge < -0.3 is 47.8 Å². The molecule has 3 heterocycles. The summed E-state index contributed by atoms with van der Waals surface area (Å²) in [5.41, 5.74) is -4.65. The zero-order valence-electron chi connectivity index (χ0n) is 36.5. The Kier molecular flexibility index (Phi) is 15.2. The van der Waals surface area contributed by atoms with Crippen LogP contribution >= 0.6 is 0 Å². The highest BCUT2D eigenvalue weighted by Crippen LogP contribution is 2.56. The van der Waals surface area contributed by atoms with Gasteiger partial charge in [-0.25, -0.2) is 19.2 Å². The molecule has 16 heteroatoms. The summed E-state index contributed by atoms with van der Waals surface area (Å²) < 4.78 is 47.2. The lowest BCUT2D eigenvalue weighted by Gasteiger charge is -2.49. The Balaban J connectivity index is 1.61. The van der Waals surface area contributed by atoms with E-state index in [1.165, 1.54) is 11.5 Å². The van der Waals surface area contributed by atoms with Gasteiger partial charge in [0, 0.05) is 31.4 Å². The molecule has 0 amide bonds. The van der Waals surface area contributed by atoms with Gasteiger partial charge in [-0.15, -0.1) is 4.57 Å². The monoisotopic (exact) mass is 864 g/mol. The molecule has 5 rings (SSSR count). The third-order valence-electron chi connectivity index (χ3n) is 11.7. The summed E-state index contributed by atoms with van der Waals surface area (Å²) in [6.07, 6.45) is -4.15. The third-order valence-corrected chi connectivity index (χ3v) is 11.7. The lowest BCUT2D eigenvalue weighted by atomic mass is 9.74. The van der Waals surface area contributed by atoms with E-state index in [4.69, 9.17) is 37.6 Å². The van der Waals surface area contributed by atoms with Crippen LogP contribution in [0, 0.1) is 17.8 Å². The summed E-state index contributed by atoms with van der Waals surface area (Å²) in [5.74, 6) is -8.98. The first-order chi connectivity index (χ1) is 29.4. The molecule has 0 radical (unpaired) electrons. The summed E-state index contributed by atoms with van der Waals surface area (Å²) >= 11 is 0. The van der Waals surface area contributed by atoms with E-state index in [2.05, 4.69) is 13.5 Å². The fourth-order valence-electron chi connectivity index (χ4n) is 8.38. The van der Waals surface area contributed by atoms with Crippen LogP contribution in [0.2, 0.25) is 0 Å². The molecule has 10 atom stereocenters. The van der Waals surface area contributed by atoms with Crippen molar-refractivity contribution in [3.05, 3.63) is 84.5 Å². The van der Waals surface area contributed by atoms with Gasteiger partial charge in [0.25, 0.3) is 11.1 Å². The number of benzene rings is 2. The van der Waals surface area contributed by atoms with Gasteiger partial charge in [0.15, 0.2) is 12.6 Å². The molecule has 0 saturated carbocycles. The normalized spacial score (nSPS) is 26.3. The number of methoxy groups -OCH3 is 2. The number of para-hydroxylation sites is 2. The molecule has 2 bridgehead atoms. The van der Waals surface area contributed by atoms with E-state index in [1.807, 2.05) is 51.1 Å². The maximum atomic E-state index is 14.5. The highest BCUT2D eigenvalue weighted by Gasteiger charge is 2.86. The zero-order chi connectivity index (χ0) is 45.6. The van der Waals surface area contributed by atoms with Crippen LogP contribution in [-0.2, 0) is 65.4 Å². The molecular formula is C46H58NO15+. The number of esters is 5. The zero-order valence-corrected chi connectivity index (χ0v) is 36.5. The van der Waals surface area contributed by atoms with Crippen LogP contribution in [0.15, 0.2) is 83.3 Å². The standard InChI is InChI=1S/C46H58NO15/c1-10-27(3)25-28(4)21-22-35(49)59-38-37(50)44(24-23-29(5)36(57-31(7)48)30(6)26-32-17-13-12-14-18-32)61-39(45(54,41(52)55-8)46(38,62-44)42(53)56-9)40(51)60-43-47(11-2)33-19-15-16-20-34(33)58-43/h12-22,27-28,30,36-39,50,54H,5,10-11,23-26H2,1-4,6-9H3/q+1/b22-21+/t27-,28+,30+,36+,37+,38+,39+,44+,45+,46+/m0/s1. The first kappa shape index (κ1) is 47.6. The Hall–Kier alpha value is -5.42. The number of aliphatic hydroxyl groups is 2. The number of aliphatic hydroxyl groups excluding tert-OH is 1. The van der Waals surface area contributed by atoms with E-state index >= 15 is 0 Å². The molecule has 2 N–H and O–H groups in total. The molecule has 0 unspecified atom stereocenters. The minimum atomic E-state index is -3.56. The average Bonchev–Trinajstić information content (AvgIpc) is 3.71. The smallest absolute Gasteiger partial charge is 0.467 e. The molecule has 2 aromatic carbocycles. The molecule has 16 nitrogen and oxygen atoms in total. The summed E-state index contributed by atoms with van der Waals surface area (Å²) in [4.78, 5) is 69.0. The van der Waals surface area contributed by atoms with Crippen molar-refractivity contribution >= 4 is 40.9 Å². The first-order valence-electron chi connectivity index (χ1n) is 20.8. The largest absolute Gasteiger partial charge is 0.569 e. The SMILES string of the molecule is C=C(CC[C@@]12O[C@H](C(=O)Oc3oc4ccccc4[n+]3CC)[C@@](O)(C(=O)OC)[C@@](C(=O)OC)(O1)[C@H](OC(=O)/C=C/[C@@H](C)C[C@@H](C)CC)[C@H]2O)[C@@H](OC(C)=O)[C@H](C)Cc1ccccc1. The second kappa shape index (κ2) is 19.7. The van der Waals surface area contributed by atoms with Gasteiger partial charge in [-0.1, -0.05) is 89.2 Å². The number of nitrogens with zero attached hydrogens (tertiary/aromatic N) is 1. The van der Waals surface area contributed by atoms with Crippen LogP contribution in [0.5, 0.6) is 6.08 Å². The van der Waals surface area contributed by atoms with Crippen LogP contribution in [0.4, 0.5) is 0 Å². The number of rotatable bonds is 19. The molecule has 3 aromatic rings. The number of allylic oxidation sites excluding steroid dienone is 1. The van der Waals surface area contributed by atoms with Gasteiger partial charge in [0.05, 0.1) is 14.2 Å². The molecule has 2 aliphatic heterocycles. The topological polar surface area (TPSA) is 207 Å². The van der Waals surface area contributed by atoms with Crippen molar-refractivity contribution in [2.24, 2.45) is 17.8 Å². The Labute approximate surface area is 360 Å². The Bertz CT molecular complexity index is 2150. The minimum Gasteiger partial charge on any atom is -0.467 e. The van der Waals surface area contributed by atoms with Gasteiger partial charge >= 0.3 is 35.9 Å². The number of ether oxygens (including phenoxy) is 7. The van der Waals surface area contributed by atoms with Crippen molar-refractivity contribution in [2.75, 3.05) is 14.2 Å². The number of oxazole rings is 1. The number of hydrogen-bond acceptors (Lipinski definition) is 15. The second-order valence-electron chi connectivity index (χ2n) is 16.1. The van der Waals surface area contributed by atoms with Crippen molar-refractivity contribution in [1.82, 2.24) is 0 Å². The molecule has 1 aromatic heterocycles. The van der Waals surface area contributed by atoms with Crippen LogP contribution in [0.25, 0.3) is 11.1 Å². The van der Waals surface area contributed by atoms with Crippen LogP contribution < -0.4 is 9.30 Å². The van der Waals surface area contributed by atoms with Crippen molar-refractivity contribution < 1.29 is 76.3 Å². The Morgan fingerprint density at radius 1 is 0.968 bits per heavy atom. The van der Waals surface area contributed by atoms with Crippen molar-refractivity contribution in [3.63, 3.8) is 0 Å². The molecule has 62 heavy (non-hydrogen) atoms. The van der Waals surface area contributed by atoms with E-state index in [0.717, 1.165) is 38.7 Å². The molecule has 0 spiro atoms. The second-order valence-corrected chi connectivity index (χ2v) is 16.1. The molecule has 2 aliphatic rings. The Morgan fingerprint density at radius 2 is 1.63 bits per heavy atom. The maximum Gasteiger partial charge on any atom is 0.569 e. The summed E-state index contributed by atoms with van der Waals surface area (Å²) in [5, 5.41) is 25.1. The predicted molar refractivity (Wildman–Crippen MR) is 220 cm³/mol. The molecule has 2 saturated heterocycles. The van der Waals surface area contributed by atoms with E-state index in [1.54, 1.807) is 37.3 Å². The van der Waals surface area contributed by atoms with E-state index in [9.17, 15) is 34.2 Å². The van der Waals surface area contributed by atoms with Gasteiger partial charge in [-0.3, -0.25) is 4.79 Å². The van der Waals surface area contributed by atoms with Gasteiger partial charge in [0.2, 0.25) is 23.1 Å². The van der Waals surface area contributed by atoms with Crippen molar-refractivity contribution in [3.8, 4) is 6.08 Å². The predicted octanol–water partition coefficient (Wildman–Crippen LogP) is 4.63. The highest BCUT2D eigenvalue weighted by atomic mass is 16.8. The Morgan fingerprint density at radius 3 is 2.26 bits per heavy atom. The highest BCUT2D eigenvalue weighted by molar-refractivity contribution is 6.00. The number of aryl methyl sites for hydroxylation is 1. The van der Waals surface area contributed by atoms with Crippen LogP contribution in [-0.4, -0.2) is 95.7 Å². The van der Waals surface area contributed by atoms with Gasteiger partial charge in [-0.2, -0.15) is 0 Å². The molecule has 336 valence electrons. The number of hydrogen-bond donors (Lipinski definition) is 2. The number of carbonyl (C=O) groups excluding carboxylic acids is 5. The number of fused-ring (bicyclic) bond motifs is 3. The lowest BCUT2D eigenvalue weighted by Crippen LogP contribution is -2.78. The minimum absolute atomic E-state index is 0.0959. The van der Waals surface area contributed by atoms with E-state index in [0.29, 0.717) is 29.0 Å². The van der Waals surface area contributed by atoms with Gasteiger partial charge in [0.1, 0.15) is 12.2 Å². The average molecular weight is 865 g/mol. The van der Waals surface area contributed by atoms with Crippen molar-refractivity contribution in [2.45, 2.75) is 122 Å². The van der Waals surface area contributed by atoms with E-state index < -0.39 is 77.7 Å². The van der Waals surface area contributed by atoms with Crippen LogP contribution in [0.1, 0.15) is 72.8 Å². The lowest BCUT2D eigenvalue weighted by molar-refractivity contribution is -0.676. The summed E-state index contributed by atoms with van der Waals surface area (Å²) in [6, 6.07) is 16.2. The van der Waals surface area contributed by atoms with Gasteiger partial charge in [-0.05, 0) is 55.2 Å². The number of carbonyl (C=O) groups is 5. The van der Waals surface area contributed by atoms with E-state index in [-0.39, 0.29) is 30.9 Å². The molecular weight excluding hydrogens is 806 g/mol. The first-order valence-corrected chi connectivity index (χ1v) is 20.8. The maximum absolute atomic E-state index is 14.5. The summed E-state index contributed by atoms with van der Waals surface area (Å²) in [7, 11) is 1.77. The quantitative estimate of drug-likeness (QED) is 0.0554.